The fourth-order valence-electron chi connectivity index (χ4n) is 4.01. The SMILES string of the molecule is CCNC(=NCc1ccc(C)cc1OCC1CCOC1)NCCc1c[nH]c2ccccc12. The lowest BCUT2D eigenvalue weighted by molar-refractivity contribution is 0.166. The van der Waals surface area contributed by atoms with Crippen LogP contribution < -0.4 is 15.4 Å². The van der Waals surface area contributed by atoms with Gasteiger partial charge in [0.2, 0.25) is 0 Å². The summed E-state index contributed by atoms with van der Waals surface area (Å²) in [6.07, 6.45) is 4.10. The van der Waals surface area contributed by atoms with Crippen molar-refractivity contribution in [1.29, 1.82) is 0 Å². The number of nitrogens with zero attached hydrogens (tertiary/aromatic N) is 1. The van der Waals surface area contributed by atoms with E-state index in [1.807, 2.05) is 0 Å². The molecule has 32 heavy (non-hydrogen) atoms. The van der Waals surface area contributed by atoms with Crippen LogP contribution in [0.3, 0.4) is 0 Å². The van der Waals surface area contributed by atoms with Crippen LogP contribution in [0.1, 0.15) is 30.0 Å². The van der Waals surface area contributed by atoms with Gasteiger partial charge in [-0.05, 0) is 49.9 Å². The number of aromatic amines is 1. The van der Waals surface area contributed by atoms with Gasteiger partial charge in [-0.15, -0.1) is 0 Å². The Labute approximate surface area is 190 Å². The molecule has 1 unspecified atom stereocenters. The number of hydrogen-bond acceptors (Lipinski definition) is 3. The topological polar surface area (TPSA) is 70.7 Å². The molecule has 1 fully saturated rings. The van der Waals surface area contributed by atoms with E-state index >= 15 is 0 Å². The minimum Gasteiger partial charge on any atom is -0.493 e. The van der Waals surface area contributed by atoms with Gasteiger partial charge in [0, 0.05) is 48.3 Å². The first-order chi connectivity index (χ1) is 15.7. The number of fused-ring (bicyclic) bond motifs is 1. The monoisotopic (exact) mass is 434 g/mol. The number of guanidine groups is 1. The molecular formula is C26H34N4O2. The molecule has 1 saturated heterocycles. The van der Waals surface area contributed by atoms with E-state index in [4.69, 9.17) is 14.5 Å². The van der Waals surface area contributed by atoms with Crippen molar-refractivity contribution < 1.29 is 9.47 Å². The van der Waals surface area contributed by atoms with E-state index in [9.17, 15) is 0 Å². The fourth-order valence-corrected chi connectivity index (χ4v) is 4.01. The van der Waals surface area contributed by atoms with Gasteiger partial charge >= 0.3 is 0 Å². The molecule has 6 heteroatoms. The zero-order valence-electron chi connectivity index (χ0n) is 19.1. The molecule has 3 aromatic rings. The Bertz CT molecular complexity index is 1040. The normalized spacial score (nSPS) is 16.4. The molecule has 170 valence electrons. The summed E-state index contributed by atoms with van der Waals surface area (Å²) < 4.78 is 11.6. The van der Waals surface area contributed by atoms with Gasteiger partial charge in [-0.2, -0.15) is 0 Å². The number of hydrogen-bond donors (Lipinski definition) is 3. The summed E-state index contributed by atoms with van der Waals surface area (Å²) in [4.78, 5) is 8.16. The molecule has 6 nitrogen and oxygen atoms in total. The van der Waals surface area contributed by atoms with Gasteiger partial charge in [0.25, 0.3) is 0 Å². The summed E-state index contributed by atoms with van der Waals surface area (Å²) in [5.41, 5.74) is 4.79. The van der Waals surface area contributed by atoms with Crippen molar-refractivity contribution in [3.63, 3.8) is 0 Å². The molecule has 0 spiro atoms. The van der Waals surface area contributed by atoms with Crippen LogP contribution in [0, 0.1) is 12.8 Å². The van der Waals surface area contributed by atoms with Crippen LogP contribution in [0.4, 0.5) is 0 Å². The highest BCUT2D eigenvalue weighted by molar-refractivity contribution is 5.83. The van der Waals surface area contributed by atoms with Crippen LogP contribution in [-0.4, -0.2) is 43.9 Å². The predicted molar refractivity (Wildman–Crippen MR) is 130 cm³/mol. The molecule has 1 aliphatic heterocycles. The summed E-state index contributed by atoms with van der Waals surface area (Å²) in [7, 11) is 0. The summed E-state index contributed by atoms with van der Waals surface area (Å²) >= 11 is 0. The third-order valence-corrected chi connectivity index (χ3v) is 5.83. The van der Waals surface area contributed by atoms with Crippen LogP contribution in [0.5, 0.6) is 5.75 Å². The Hall–Kier alpha value is -2.99. The highest BCUT2D eigenvalue weighted by Crippen LogP contribution is 2.23. The van der Waals surface area contributed by atoms with Crippen molar-refractivity contribution in [2.24, 2.45) is 10.9 Å². The second-order valence-electron chi connectivity index (χ2n) is 8.38. The molecule has 2 heterocycles. The maximum Gasteiger partial charge on any atom is 0.191 e. The van der Waals surface area contributed by atoms with Crippen LogP contribution >= 0.6 is 0 Å². The lowest BCUT2D eigenvalue weighted by Crippen LogP contribution is -2.38. The molecule has 0 radical (unpaired) electrons. The van der Waals surface area contributed by atoms with Gasteiger partial charge in [0.05, 0.1) is 19.8 Å². The first-order valence-electron chi connectivity index (χ1n) is 11.6. The first kappa shape index (κ1) is 22.2. The molecule has 0 aliphatic carbocycles. The van der Waals surface area contributed by atoms with E-state index in [0.717, 1.165) is 56.4 Å². The molecule has 2 aromatic carbocycles. The maximum atomic E-state index is 6.17. The van der Waals surface area contributed by atoms with Gasteiger partial charge in [0.1, 0.15) is 5.75 Å². The van der Waals surface area contributed by atoms with Crippen molar-refractivity contribution in [2.75, 3.05) is 32.9 Å². The molecule has 1 atom stereocenters. The molecule has 1 aliphatic rings. The van der Waals surface area contributed by atoms with E-state index in [0.29, 0.717) is 19.1 Å². The number of aromatic nitrogens is 1. The maximum absolute atomic E-state index is 6.17. The zero-order chi connectivity index (χ0) is 22.2. The van der Waals surface area contributed by atoms with Crippen LogP contribution in [0.2, 0.25) is 0 Å². The molecule has 3 N–H and O–H groups in total. The number of ether oxygens (including phenoxy) is 2. The number of nitrogens with one attached hydrogen (secondary N) is 3. The number of rotatable bonds is 9. The molecule has 0 amide bonds. The Morgan fingerprint density at radius 1 is 1.19 bits per heavy atom. The van der Waals surface area contributed by atoms with Gasteiger partial charge in [-0.1, -0.05) is 30.3 Å². The van der Waals surface area contributed by atoms with E-state index in [1.165, 1.54) is 22.0 Å². The minimum atomic E-state index is 0.482. The average Bonchev–Trinajstić information content (AvgIpc) is 3.47. The largest absolute Gasteiger partial charge is 0.493 e. The van der Waals surface area contributed by atoms with Crippen molar-refractivity contribution in [3.8, 4) is 5.75 Å². The van der Waals surface area contributed by atoms with Gasteiger partial charge in [0.15, 0.2) is 5.96 Å². The van der Waals surface area contributed by atoms with E-state index in [1.54, 1.807) is 0 Å². The van der Waals surface area contributed by atoms with Gasteiger partial charge in [-0.25, -0.2) is 4.99 Å². The Kier molecular flexibility index (Phi) is 7.67. The van der Waals surface area contributed by atoms with Gasteiger partial charge in [-0.3, -0.25) is 0 Å². The van der Waals surface area contributed by atoms with Crippen LogP contribution in [0.25, 0.3) is 10.9 Å². The van der Waals surface area contributed by atoms with E-state index in [2.05, 4.69) is 78.1 Å². The summed E-state index contributed by atoms with van der Waals surface area (Å²) in [6.45, 7) is 8.71. The second kappa shape index (κ2) is 11.0. The quantitative estimate of drug-likeness (QED) is 0.349. The van der Waals surface area contributed by atoms with E-state index < -0.39 is 0 Å². The summed E-state index contributed by atoms with van der Waals surface area (Å²) in [5.74, 6) is 2.23. The standard InChI is InChI=1S/C26H34N4O2/c1-3-27-26(28-12-10-21-15-29-24-7-5-4-6-23(21)24)30-16-22-9-8-19(2)14-25(22)32-18-20-11-13-31-17-20/h4-9,14-15,20,29H,3,10-13,16-18H2,1-2H3,(H2,27,28,30). The number of benzene rings is 2. The number of para-hydroxylation sites is 1. The molecule has 0 bridgehead atoms. The van der Waals surface area contributed by atoms with Crippen LogP contribution in [-0.2, 0) is 17.7 Å². The lowest BCUT2D eigenvalue weighted by Gasteiger charge is -2.15. The Morgan fingerprint density at radius 3 is 2.94 bits per heavy atom. The van der Waals surface area contributed by atoms with E-state index in [-0.39, 0.29) is 0 Å². The number of aryl methyl sites for hydroxylation is 1. The highest BCUT2D eigenvalue weighted by atomic mass is 16.5. The summed E-state index contributed by atoms with van der Waals surface area (Å²) in [6, 6.07) is 14.8. The second-order valence-corrected chi connectivity index (χ2v) is 8.38. The van der Waals surface area contributed by atoms with Crippen molar-refractivity contribution in [3.05, 3.63) is 65.4 Å². The number of H-pyrrole nitrogens is 1. The number of aliphatic imine (C=N–C) groups is 1. The van der Waals surface area contributed by atoms with Gasteiger partial charge < -0.3 is 25.1 Å². The molecular weight excluding hydrogens is 400 g/mol. The molecule has 0 saturated carbocycles. The zero-order valence-corrected chi connectivity index (χ0v) is 19.1. The van der Waals surface area contributed by atoms with Crippen molar-refractivity contribution in [1.82, 2.24) is 15.6 Å². The lowest BCUT2D eigenvalue weighted by atomic mass is 10.1. The molecule has 1 aromatic heterocycles. The average molecular weight is 435 g/mol. The third-order valence-electron chi connectivity index (χ3n) is 5.83. The summed E-state index contributed by atoms with van der Waals surface area (Å²) in [5, 5.41) is 8.10. The van der Waals surface area contributed by atoms with Crippen LogP contribution in [0.15, 0.2) is 53.7 Å². The predicted octanol–water partition coefficient (Wildman–Crippen LogP) is 4.19. The van der Waals surface area contributed by atoms with Crippen molar-refractivity contribution >= 4 is 16.9 Å². The Balaban J connectivity index is 1.37. The first-order valence-corrected chi connectivity index (χ1v) is 11.6. The third kappa shape index (κ3) is 5.82. The fraction of sp³-hybridized carbons (Fsp3) is 0.423. The highest BCUT2D eigenvalue weighted by Gasteiger charge is 2.17. The minimum absolute atomic E-state index is 0.482. The Morgan fingerprint density at radius 2 is 2.09 bits per heavy atom. The van der Waals surface area contributed by atoms with Crippen molar-refractivity contribution in [2.45, 2.75) is 33.2 Å². The smallest absolute Gasteiger partial charge is 0.191 e. The molecule has 4 rings (SSSR count).